The lowest BCUT2D eigenvalue weighted by molar-refractivity contribution is -0.154. The van der Waals surface area contributed by atoms with Crippen LogP contribution in [0.4, 0.5) is 0 Å². The first-order valence-corrected chi connectivity index (χ1v) is 7.64. The van der Waals surface area contributed by atoms with E-state index in [1.54, 1.807) is 0 Å². The molecule has 2 N–H and O–H groups in total. The predicted molar refractivity (Wildman–Crippen MR) is 80.1 cm³/mol. The van der Waals surface area contributed by atoms with Gasteiger partial charge in [0.05, 0.1) is 0 Å². The van der Waals surface area contributed by atoms with Gasteiger partial charge in [-0.1, -0.05) is 13.8 Å². The molecule has 2 amide bonds. The summed E-state index contributed by atoms with van der Waals surface area (Å²) in [5, 5.41) is 18.8. The molecule has 0 bridgehead atoms. The van der Waals surface area contributed by atoms with Gasteiger partial charge in [0.1, 0.15) is 18.2 Å². The molecule has 1 heterocycles. The third-order valence-corrected chi connectivity index (χ3v) is 3.97. The van der Waals surface area contributed by atoms with E-state index in [1.807, 2.05) is 13.8 Å². The second kappa shape index (κ2) is 7.58. The third kappa shape index (κ3) is 4.19. The van der Waals surface area contributed by atoms with E-state index < -0.39 is 30.1 Å². The lowest BCUT2D eigenvalue weighted by Crippen LogP contribution is -2.53. The van der Waals surface area contributed by atoms with Gasteiger partial charge in [0.15, 0.2) is 0 Å². The number of amides is 2. The van der Waals surface area contributed by atoms with Gasteiger partial charge < -0.3 is 20.0 Å². The molecule has 0 radical (unpaired) electrons. The largest absolute Gasteiger partial charge is 0.480 e. The van der Waals surface area contributed by atoms with Gasteiger partial charge in [-0.2, -0.15) is 0 Å². The van der Waals surface area contributed by atoms with E-state index in [0.717, 1.165) is 0 Å². The molecule has 1 aliphatic rings. The van der Waals surface area contributed by atoms with Crippen LogP contribution in [0.1, 0.15) is 40.0 Å². The van der Waals surface area contributed by atoms with E-state index in [-0.39, 0.29) is 11.8 Å². The first kappa shape index (κ1) is 18.4. The fourth-order valence-electron chi connectivity index (χ4n) is 2.79. The van der Waals surface area contributed by atoms with Crippen molar-refractivity contribution in [2.24, 2.45) is 5.92 Å². The van der Waals surface area contributed by atoms with Gasteiger partial charge >= 0.3 is 5.97 Å². The number of aliphatic hydroxyl groups excluding tert-OH is 1. The van der Waals surface area contributed by atoms with Crippen LogP contribution < -0.4 is 0 Å². The summed E-state index contributed by atoms with van der Waals surface area (Å²) in [6.45, 7) is 5.57. The maximum absolute atomic E-state index is 12.6. The quantitative estimate of drug-likeness (QED) is 0.735. The van der Waals surface area contributed by atoms with Crippen LogP contribution in [0.15, 0.2) is 0 Å². The third-order valence-electron chi connectivity index (χ3n) is 3.97. The summed E-state index contributed by atoms with van der Waals surface area (Å²) in [4.78, 5) is 38.5. The van der Waals surface area contributed by atoms with Crippen molar-refractivity contribution in [3.63, 3.8) is 0 Å². The van der Waals surface area contributed by atoms with Gasteiger partial charge in [-0.3, -0.25) is 9.59 Å². The minimum absolute atomic E-state index is 0.134. The predicted octanol–water partition coefficient (Wildman–Crippen LogP) is 0.316. The van der Waals surface area contributed by atoms with Crippen molar-refractivity contribution >= 4 is 17.8 Å². The van der Waals surface area contributed by atoms with Crippen molar-refractivity contribution in [1.82, 2.24) is 9.80 Å². The van der Waals surface area contributed by atoms with Gasteiger partial charge in [-0.05, 0) is 32.1 Å². The lowest BCUT2D eigenvalue weighted by atomic mass is 10.0. The van der Waals surface area contributed by atoms with Crippen LogP contribution in [-0.2, 0) is 14.4 Å². The maximum atomic E-state index is 12.6. The van der Waals surface area contributed by atoms with E-state index in [9.17, 15) is 24.6 Å². The summed E-state index contributed by atoms with van der Waals surface area (Å²) in [6, 6.07) is -1.59. The number of hydrogen-bond acceptors (Lipinski definition) is 4. The molecule has 7 nitrogen and oxygen atoms in total. The molecule has 126 valence electrons. The van der Waals surface area contributed by atoms with Gasteiger partial charge in [-0.15, -0.1) is 0 Å². The molecule has 1 aliphatic heterocycles. The zero-order valence-electron chi connectivity index (χ0n) is 13.7. The Morgan fingerprint density at radius 2 is 1.86 bits per heavy atom. The molecular formula is C15H26N2O5. The minimum atomic E-state index is -1.16. The summed E-state index contributed by atoms with van der Waals surface area (Å²) >= 11 is 0. The molecule has 0 aromatic carbocycles. The molecule has 0 aromatic rings. The fourth-order valence-corrected chi connectivity index (χ4v) is 2.79. The highest BCUT2D eigenvalue weighted by Gasteiger charge is 2.39. The summed E-state index contributed by atoms with van der Waals surface area (Å²) in [5.74, 6) is -1.77. The number of likely N-dealkylation sites (tertiary alicyclic amines) is 1. The Labute approximate surface area is 130 Å². The smallest absolute Gasteiger partial charge is 0.326 e. The zero-order valence-corrected chi connectivity index (χ0v) is 13.7. The Morgan fingerprint density at radius 3 is 2.32 bits per heavy atom. The second-order valence-electron chi connectivity index (χ2n) is 6.30. The molecule has 1 rings (SSSR count). The van der Waals surface area contributed by atoms with Crippen LogP contribution in [0.3, 0.4) is 0 Å². The van der Waals surface area contributed by atoms with E-state index in [4.69, 9.17) is 0 Å². The summed E-state index contributed by atoms with van der Waals surface area (Å²) in [5.41, 5.74) is 0. The van der Waals surface area contributed by atoms with Gasteiger partial charge in [0.25, 0.3) is 5.91 Å². The van der Waals surface area contributed by atoms with Crippen molar-refractivity contribution in [3.05, 3.63) is 0 Å². The fraction of sp³-hybridized carbons (Fsp3) is 0.800. The SMILES string of the molecule is CC(C)C[C@H](C(=O)O)N(C)C(=O)[C@@H]1CCCN1C(=O)[C@@H](C)O. The van der Waals surface area contributed by atoms with E-state index in [0.29, 0.717) is 25.8 Å². The highest BCUT2D eigenvalue weighted by atomic mass is 16.4. The van der Waals surface area contributed by atoms with Crippen molar-refractivity contribution in [1.29, 1.82) is 0 Å². The molecule has 0 spiro atoms. The number of carbonyl (C=O) groups excluding carboxylic acids is 2. The number of hydrogen-bond donors (Lipinski definition) is 2. The van der Waals surface area contributed by atoms with E-state index >= 15 is 0 Å². The Morgan fingerprint density at radius 1 is 1.27 bits per heavy atom. The molecular weight excluding hydrogens is 288 g/mol. The highest BCUT2D eigenvalue weighted by molar-refractivity contribution is 5.91. The van der Waals surface area contributed by atoms with Crippen molar-refractivity contribution in [3.8, 4) is 0 Å². The van der Waals surface area contributed by atoms with Crippen LogP contribution in [0.25, 0.3) is 0 Å². The molecule has 7 heteroatoms. The van der Waals surface area contributed by atoms with Gasteiger partial charge in [-0.25, -0.2) is 4.79 Å². The van der Waals surface area contributed by atoms with Crippen LogP contribution in [-0.4, -0.2) is 69.6 Å². The Kier molecular flexibility index (Phi) is 6.34. The Hall–Kier alpha value is -1.63. The monoisotopic (exact) mass is 314 g/mol. The van der Waals surface area contributed by atoms with E-state index in [1.165, 1.54) is 23.8 Å². The van der Waals surface area contributed by atoms with Crippen molar-refractivity contribution in [2.75, 3.05) is 13.6 Å². The van der Waals surface area contributed by atoms with Crippen LogP contribution in [0, 0.1) is 5.92 Å². The number of carboxylic acids is 1. The Bertz CT molecular complexity index is 436. The van der Waals surface area contributed by atoms with Crippen LogP contribution in [0.5, 0.6) is 0 Å². The molecule has 1 saturated heterocycles. The number of aliphatic hydroxyl groups is 1. The zero-order chi connectivity index (χ0) is 17.0. The highest BCUT2D eigenvalue weighted by Crippen LogP contribution is 2.22. The summed E-state index contributed by atoms with van der Waals surface area (Å²) in [7, 11) is 1.47. The molecule has 0 saturated carbocycles. The molecule has 0 unspecified atom stereocenters. The minimum Gasteiger partial charge on any atom is -0.480 e. The molecule has 22 heavy (non-hydrogen) atoms. The summed E-state index contributed by atoms with van der Waals surface area (Å²) < 4.78 is 0. The van der Waals surface area contributed by atoms with Crippen LogP contribution in [0.2, 0.25) is 0 Å². The van der Waals surface area contributed by atoms with Crippen molar-refractivity contribution < 1.29 is 24.6 Å². The number of carbonyl (C=O) groups is 3. The van der Waals surface area contributed by atoms with E-state index in [2.05, 4.69) is 0 Å². The van der Waals surface area contributed by atoms with Gasteiger partial charge in [0, 0.05) is 13.6 Å². The molecule has 0 aromatic heterocycles. The number of nitrogens with zero attached hydrogens (tertiary/aromatic N) is 2. The molecule has 1 fully saturated rings. The number of carboxylic acid groups (broad SMARTS) is 1. The van der Waals surface area contributed by atoms with Gasteiger partial charge in [0.2, 0.25) is 5.91 Å². The Balaban J connectivity index is 2.88. The number of likely N-dealkylation sites (N-methyl/N-ethyl adjacent to an activating group) is 1. The van der Waals surface area contributed by atoms with Crippen molar-refractivity contribution in [2.45, 2.75) is 58.2 Å². The lowest BCUT2D eigenvalue weighted by Gasteiger charge is -2.32. The standard InChI is InChI=1S/C15H26N2O5/c1-9(2)8-12(15(21)22)16(4)14(20)11-6-5-7-17(11)13(19)10(3)18/h9-12,18H,5-8H2,1-4H3,(H,21,22)/t10-,11+,12-/m1/s1. The average molecular weight is 314 g/mol. The second-order valence-corrected chi connectivity index (χ2v) is 6.30. The number of aliphatic carboxylic acids is 1. The topological polar surface area (TPSA) is 98.2 Å². The maximum Gasteiger partial charge on any atom is 0.326 e. The molecule has 0 aliphatic carbocycles. The average Bonchev–Trinajstić information content (AvgIpc) is 2.90. The summed E-state index contributed by atoms with van der Waals surface area (Å²) in [6.07, 6.45) is 0.360. The van der Waals surface area contributed by atoms with Crippen LogP contribution >= 0.6 is 0 Å². The number of rotatable bonds is 6. The first-order valence-electron chi connectivity index (χ1n) is 7.64. The molecule has 3 atom stereocenters. The normalized spacial score (nSPS) is 20.8. The first-order chi connectivity index (χ1) is 10.2.